The van der Waals surface area contributed by atoms with Crippen molar-refractivity contribution in [1.29, 1.82) is 0 Å². The first kappa shape index (κ1) is 16.0. The first-order chi connectivity index (χ1) is 9.92. The molecular weight excluding hydrogens is 306 g/mol. The molecule has 1 atom stereocenters. The molecule has 0 unspecified atom stereocenters. The van der Waals surface area contributed by atoms with Crippen molar-refractivity contribution in [3.8, 4) is 0 Å². The van der Waals surface area contributed by atoms with Crippen molar-refractivity contribution in [3.05, 3.63) is 64.7 Å². The fourth-order valence-electron chi connectivity index (χ4n) is 2.02. The SMILES string of the molecule is CCc1ccc([C@H](C)NS(=O)(=O)c2ccc(Cl)cc2)cc1. The van der Waals surface area contributed by atoms with Gasteiger partial charge >= 0.3 is 0 Å². The third kappa shape index (κ3) is 4.06. The molecule has 1 N–H and O–H groups in total. The van der Waals surface area contributed by atoms with Gasteiger partial charge in [0.05, 0.1) is 4.90 Å². The second-order valence-electron chi connectivity index (χ2n) is 4.89. The van der Waals surface area contributed by atoms with Crippen molar-refractivity contribution in [2.75, 3.05) is 0 Å². The third-order valence-corrected chi connectivity index (χ3v) is 5.15. The second-order valence-corrected chi connectivity index (χ2v) is 7.04. The highest BCUT2D eigenvalue weighted by Gasteiger charge is 2.18. The molecule has 5 heteroatoms. The van der Waals surface area contributed by atoms with Gasteiger partial charge in [-0.25, -0.2) is 13.1 Å². The summed E-state index contributed by atoms with van der Waals surface area (Å²) < 4.78 is 27.3. The van der Waals surface area contributed by atoms with Gasteiger partial charge in [-0.15, -0.1) is 0 Å². The van der Waals surface area contributed by atoms with Gasteiger partial charge in [-0.3, -0.25) is 0 Å². The summed E-state index contributed by atoms with van der Waals surface area (Å²) in [6.07, 6.45) is 0.963. The highest BCUT2D eigenvalue weighted by atomic mass is 35.5. The molecule has 0 aromatic heterocycles. The van der Waals surface area contributed by atoms with E-state index >= 15 is 0 Å². The van der Waals surface area contributed by atoms with Crippen LogP contribution >= 0.6 is 11.6 Å². The predicted octanol–water partition coefficient (Wildman–Crippen LogP) is 3.94. The Labute approximate surface area is 131 Å². The molecule has 2 rings (SSSR count). The summed E-state index contributed by atoms with van der Waals surface area (Å²) in [6, 6.07) is 13.8. The minimum absolute atomic E-state index is 0.212. The van der Waals surface area contributed by atoms with Gasteiger partial charge in [-0.05, 0) is 48.7 Å². The number of nitrogens with one attached hydrogen (secondary N) is 1. The van der Waals surface area contributed by atoms with Crippen LogP contribution in [0.3, 0.4) is 0 Å². The van der Waals surface area contributed by atoms with E-state index in [1.54, 1.807) is 12.1 Å². The van der Waals surface area contributed by atoms with E-state index in [4.69, 9.17) is 11.6 Å². The van der Waals surface area contributed by atoms with Gasteiger partial charge in [0.25, 0.3) is 0 Å². The van der Waals surface area contributed by atoms with E-state index in [0.717, 1.165) is 12.0 Å². The van der Waals surface area contributed by atoms with Crippen LogP contribution in [0.4, 0.5) is 0 Å². The van der Waals surface area contributed by atoms with Gasteiger partial charge in [0.15, 0.2) is 0 Å². The summed E-state index contributed by atoms with van der Waals surface area (Å²) in [5.41, 5.74) is 2.16. The lowest BCUT2D eigenvalue weighted by Crippen LogP contribution is -2.26. The molecular formula is C16H18ClNO2S. The number of rotatable bonds is 5. The van der Waals surface area contributed by atoms with Crippen LogP contribution in [0.25, 0.3) is 0 Å². The van der Waals surface area contributed by atoms with Crippen molar-refractivity contribution < 1.29 is 8.42 Å². The topological polar surface area (TPSA) is 46.2 Å². The van der Waals surface area contributed by atoms with Crippen LogP contribution in [0.15, 0.2) is 53.4 Å². The molecule has 3 nitrogen and oxygen atoms in total. The van der Waals surface area contributed by atoms with Crippen molar-refractivity contribution in [2.45, 2.75) is 31.2 Å². The summed E-state index contributed by atoms with van der Waals surface area (Å²) in [5.74, 6) is 0. The van der Waals surface area contributed by atoms with Crippen LogP contribution in [-0.2, 0) is 16.4 Å². The summed E-state index contributed by atoms with van der Waals surface area (Å²) in [6.45, 7) is 3.91. The monoisotopic (exact) mass is 323 g/mol. The standard InChI is InChI=1S/C16H18ClNO2S/c1-3-13-4-6-14(7-5-13)12(2)18-21(19,20)16-10-8-15(17)9-11-16/h4-12,18H,3H2,1-2H3/t12-/m0/s1. The Kier molecular flexibility index (Phi) is 5.04. The molecule has 21 heavy (non-hydrogen) atoms. The van der Waals surface area contributed by atoms with E-state index in [2.05, 4.69) is 11.6 Å². The molecule has 0 aliphatic carbocycles. The lowest BCUT2D eigenvalue weighted by molar-refractivity contribution is 0.567. The average Bonchev–Trinajstić information content (AvgIpc) is 2.47. The molecule has 2 aromatic carbocycles. The second kappa shape index (κ2) is 6.60. The fourth-order valence-corrected chi connectivity index (χ4v) is 3.38. The lowest BCUT2D eigenvalue weighted by atomic mass is 10.1. The first-order valence-corrected chi connectivity index (χ1v) is 8.65. The number of halogens is 1. The summed E-state index contributed by atoms with van der Waals surface area (Å²) in [4.78, 5) is 0.212. The van der Waals surface area contributed by atoms with Crippen LogP contribution in [0.5, 0.6) is 0 Å². The van der Waals surface area contributed by atoms with E-state index < -0.39 is 10.0 Å². The van der Waals surface area contributed by atoms with E-state index in [1.807, 2.05) is 31.2 Å². The van der Waals surface area contributed by atoms with Crippen LogP contribution in [0.2, 0.25) is 5.02 Å². The van der Waals surface area contributed by atoms with Crippen molar-refractivity contribution >= 4 is 21.6 Å². The number of sulfonamides is 1. The maximum atomic E-state index is 12.3. The predicted molar refractivity (Wildman–Crippen MR) is 86.0 cm³/mol. The molecule has 0 aliphatic heterocycles. The highest BCUT2D eigenvalue weighted by Crippen LogP contribution is 2.19. The number of hydrogen-bond donors (Lipinski definition) is 1. The minimum Gasteiger partial charge on any atom is -0.207 e. The van der Waals surface area contributed by atoms with Gasteiger partial charge < -0.3 is 0 Å². The Balaban J connectivity index is 2.17. The van der Waals surface area contributed by atoms with Crippen LogP contribution < -0.4 is 4.72 Å². The maximum absolute atomic E-state index is 12.3. The Bertz CT molecular complexity index is 694. The van der Waals surface area contributed by atoms with Gasteiger partial charge in [-0.2, -0.15) is 0 Å². The smallest absolute Gasteiger partial charge is 0.207 e. The van der Waals surface area contributed by atoms with Gasteiger partial charge in [0, 0.05) is 11.1 Å². The van der Waals surface area contributed by atoms with Crippen molar-refractivity contribution in [2.24, 2.45) is 0 Å². The number of benzene rings is 2. The Hall–Kier alpha value is -1.36. The van der Waals surface area contributed by atoms with E-state index in [0.29, 0.717) is 5.02 Å². The molecule has 0 spiro atoms. The molecule has 0 saturated heterocycles. The van der Waals surface area contributed by atoms with Gasteiger partial charge in [0.2, 0.25) is 10.0 Å². The van der Waals surface area contributed by atoms with Crippen LogP contribution in [0.1, 0.15) is 31.0 Å². The Morgan fingerprint density at radius 1 is 1.05 bits per heavy atom. The van der Waals surface area contributed by atoms with Gasteiger partial charge in [0.1, 0.15) is 0 Å². The zero-order chi connectivity index (χ0) is 15.5. The largest absolute Gasteiger partial charge is 0.241 e. The van der Waals surface area contributed by atoms with Crippen LogP contribution in [0, 0.1) is 0 Å². The molecule has 0 radical (unpaired) electrons. The van der Waals surface area contributed by atoms with E-state index in [9.17, 15) is 8.42 Å². The molecule has 112 valence electrons. The highest BCUT2D eigenvalue weighted by molar-refractivity contribution is 7.89. The Morgan fingerprint density at radius 2 is 1.62 bits per heavy atom. The normalized spacial score (nSPS) is 13.1. The van der Waals surface area contributed by atoms with E-state index in [-0.39, 0.29) is 10.9 Å². The molecule has 0 aliphatic rings. The van der Waals surface area contributed by atoms with Crippen molar-refractivity contribution in [3.63, 3.8) is 0 Å². The quantitative estimate of drug-likeness (QED) is 0.905. The summed E-state index contributed by atoms with van der Waals surface area (Å²) in [5, 5.41) is 0.511. The lowest BCUT2D eigenvalue weighted by Gasteiger charge is -2.15. The fraction of sp³-hybridized carbons (Fsp3) is 0.250. The van der Waals surface area contributed by atoms with Crippen LogP contribution in [-0.4, -0.2) is 8.42 Å². The van der Waals surface area contributed by atoms with Gasteiger partial charge in [-0.1, -0.05) is 42.8 Å². The number of aryl methyl sites for hydroxylation is 1. The number of hydrogen-bond acceptors (Lipinski definition) is 2. The van der Waals surface area contributed by atoms with E-state index in [1.165, 1.54) is 17.7 Å². The molecule has 0 fully saturated rings. The zero-order valence-corrected chi connectivity index (χ0v) is 13.6. The first-order valence-electron chi connectivity index (χ1n) is 6.79. The molecule has 0 saturated carbocycles. The molecule has 0 amide bonds. The minimum atomic E-state index is -3.55. The molecule has 0 bridgehead atoms. The zero-order valence-electron chi connectivity index (χ0n) is 12.0. The maximum Gasteiger partial charge on any atom is 0.241 e. The average molecular weight is 324 g/mol. The summed E-state index contributed by atoms with van der Waals surface area (Å²) in [7, 11) is -3.55. The Morgan fingerprint density at radius 3 is 2.14 bits per heavy atom. The molecule has 2 aromatic rings. The molecule has 0 heterocycles. The van der Waals surface area contributed by atoms with Crippen molar-refractivity contribution in [1.82, 2.24) is 4.72 Å². The third-order valence-electron chi connectivity index (χ3n) is 3.34. The summed E-state index contributed by atoms with van der Waals surface area (Å²) >= 11 is 5.78.